The van der Waals surface area contributed by atoms with Crippen LogP contribution in [0.3, 0.4) is 0 Å². The first-order valence-electron chi connectivity index (χ1n) is 7.50. The van der Waals surface area contributed by atoms with Gasteiger partial charge in [0, 0.05) is 30.2 Å². The molecule has 0 bridgehead atoms. The van der Waals surface area contributed by atoms with Gasteiger partial charge in [0.1, 0.15) is 0 Å². The second-order valence-electron chi connectivity index (χ2n) is 6.74. The number of rotatable bonds is 0. The fourth-order valence-corrected chi connectivity index (χ4v) is 2.13. The monoisotopic (exact) mass is 309 g/mol. The maximum Gasteiger partial charge on any atom is 0.0978 e. The van der Waals surface area contributed by atoms with Crippen molar-refractivity contribution in [2.24, 2.45) is 7.05 Å². The first-order valence-corrected chi connectivity index (χ1v) is 8.38. The molecule has 0 saturated carbocycles. The molecule has 0 aliphatic carbocycles. The minimum atomic E-state index is 0.230. The van der Waals surface area contributed by atoms with Crippen LogP contribution in [-0.2, 0) is 17.9 Å². The quantitative estimate of drug-likeness (QED) is 0.671. The van der Waals surface area contributed by atoms with Gasteiger partial charge in [0.15, 0.2) is 0 Å². The molecule has 2 rings (SSSR count). The zero-order valence-corrected chi connectivity index (χ0v) is 15.9. The van der Waals surface area contributed by atoms with Crippen LogP contribution in [0.1, 0.15) is 66.0 Å². The van der Waals surface area contributed by atoms with Crippen molar-refractivity contribution in [1.29, 1.82) is 0 Å². The van der Waals surface area contributed by atoms with Gasteiger partial charge >= 0.3 is 0 Å². The molecule has 3 nitrogen and oxygen atoms in total. The Morgan fingerprint density at radius 3 is 1.76 bits per heavy atom. The van der Waals surface area contributed by atoms with E-state index in [1.54, 1.807) is 11.3 Å². The predicted molar refractivity (Wildman–Crippen MR) is 94.1 cm³/mol. The molecule has 0 atom stereocenters. The van der Waals surface area contributed by atoms with Crippen LogP contribution >= 0.6 is 11.3 Å². The lowest BCUT2D eigenvalue weighted by Crippen LogP contribution is -2.09. The van der Waals surface area contributed by atoms with E-state index in [2.05, 4.69) is 57.8 Å². The van der Waals surface area contributed by atoms with Crippen molar-refractivity contribution in [2.45, 2.75) is 66.2 Å². The molecule has 0 unspecified atom stereocenters. The van der Waals surface area contributed by atoms with E-state index in [-0.39, 0.29) is 10.8 Å². The number of aryl methyl sites for hydroxylation is 1. The van der Waals surface area contributed by atoms with E-state index in [1.165, 1.54) is 10.6 Å². The summed E-state index contributed by atoms with van der Waals surface area (Å²) < 4.78 is 1.83. The molecule has 2 heterocycles. The zero-order chi connectivity index (χ0) is 16.7. The third-order valence-electron chi connectivity index (χ3n) is 2.64. The standard InChI is InChI=1S/C8H14N2.C7H11NS.C2H6/c1-8(2,3)7-5-9-10(4)6-7;1-7(2,3)6-8-4-5-9-6;1-2/h5-6H,1-4H3;4-5H,1-3H3;1-2H3. The highest BCUT2D eigenvalue weighted by Gasteiger charge is 2.15. The van der Waals surface area contributed by atoms with Crippen LogP contribution in [-0.4, -0.2) is 14.8 Å². The average Bonchev–Trinajstić information content (AvgIpc) is 3.00. The Bertz CT molecular complexity index is 485. The minimum Gasteiger partial charge on any atom is -0.276 e. The molecule has 21 heavy (non-hydrogen) atoms. The van der Waals surface area contributed by atoms with Crippen LogP contribution < -0.4 is 0 Å². The van der Waals surface area contributed by atoms with Crippen molar-refractivity contribution in [3.05, 3.63) is 34.5 Å². The Labute approximate surface area is 134 Å². The van der Waals surface area contributed by atoms with Crippen molar-refractivity contribution in [2.75, 3.05) is 0 Å². The number of hydrogen-bond acceptors (Lipinski definition) is 3. The van der Waals surface area contributed by atoms with E-state index >= 15 is 0 Å². The molecule has 0 N–H and O–H groups in total. The van der Waals surface area contributed by atoms with Gasteiger partial charge in [0.25, 0.3) is 0 Å². The summed E-state index contributed by atoms with van der Waals surface area (Å²) in [5.74, 6) is 0. The number of aromatic nitrogens is 3. The Balaban J connectivity index is 0.000000342. The van der Waals surface area contributed by atoms with E-state index in [9.17, 15) is 0 Å². The molecule has 0 aliphatic rings. The Kier molecular flexibility index (Phi) is 7.86. The third kappa shape index (κ3) is 7.42. The highest BCUT2D eigenvalue weighted by Crippen LogP contribution is 2.23. The van der Waals surface area contributed by atoms with E-state index in [0.29, 0.717) is 0 Å². The fourth-order valence-electron chi connectivity index (χ4n) is 1.40. The summed E-state index contributed by atoms with van der Waals surface area (Å²) in [6.07, 6.45) is 5.82. The molecule has 2 aromatic rings. The lowest BCUT2D eigenvalue weighted by atomic mass is 9.90. The Morgan fingerprint density at radius 2 is 1.57 bits per heavy atom. The van der Waals surface area contributed by atoms with Gasteiger partial charge < -0.3 is 0 Å². The summed E-state index contributed by atoms with van der Waals surface area (Å²) >= 11 is 1.72. The third-order valence-corrected chi connectivity index (χ3v) is 3.84. The topological polar surface area (TPSA) is 30.7 Å². The number of thiazole rings is 1. The van der Waals surface area contributed by atoms with Gasteiger partial charge in [-0.2, -0.15) is 5.10 Å². The van der Waals surface area contributed by atoms with Gasteiger partial charge in [-0.25, -0.2) is 4.98 Å². The molecule has 0 fully saturated rings. The van der Waals surface area contributed by atoms with Crippen LogP contribution in [0.4, 0.5) is 0 Å². The van der Waals surface area contributed by atoms with Crippen LogP contribution in [0.5, 0.6) is 0 Å². The van der Waals surface area contributed by atoms with Crippen LogP contribution in [0.2, 0.25) is 0 Å². The molecule has 0 saturated heterocycles. The van der Waals surface area contributed by atoms with Crippen molar-refractivity contribution >= 4 is 11.3 Å². The van der Waals surface area contributed by atoms with E-state index in [0.717, 1.165) is 0 Å². The van der Waals surface area contributed by atoms with Gasteiger partial charge in [-0.1, -0.05) is 55.4 Å². The van der Waals surface area contributed by atoms with Crippen LogP contribution in [0, 0.1) is 0 Å². The highest BCUT2D eigenvalue weighted by molar-refractivity contribution is 7.09. The smallest absolute Gasteiger partial charge is 0.0978 e. The van der Waals surface area contributed by atoms with E-state index < -0.39 is 0 Å². The SMILES string of the molecule is CC.CC(C)(C)c1nccs1.Cn1cc(C(C)(C)C)cn1. The normalized spacial score (nSPS) is 11.1. The Morgan fingerprint density at radius 1 is 1.00 bits per heavy atom. The zero-order valence-electron chi connectivity index (χ0n) is 15.1. The molecule has 4 heteroatoms. The maximum atomic E-state index is 4.21. The van der Waals surface area contributed by atoms with Crippen LogP contribution in [0.15, 0.2) is 24.0 Å². The Hall–Kier alpha value is -1.16. The van der Waals surface area contributed by atoms with Crippen LogP contribution in [0.25, 0.3) is 0 Å². The second kappa shape index (κ2) is 8.32. The predicted octanol–water partition coefficient (Wildman–Crippen LogP) is 5.18. The molecular formula is C17H31N3S. The van der Waals surface area contributed by atoms with Gasteiger partial charge in [-0.05, 0) is 11.0 Å². The maximum absolute atomic E-state index is 4.21. The molecule has 0 amide bonds. The van der Waals surface area contributed by atoms with Crippen molar-refractivity contribution in [3.63, 3.8) is 0 Å². The largest absolute Gasteiger partial charge is 0.276 e. The van der Waals surface area contributed by atoms with E-state index in [4.69, 9.17) is 0 Å². The van der Waals surface area contributed by atoms with Gasteiger partial charge in [-0.3, -0.25) is 4.68 Å². The molecular weight excluding hydrogens is 278 g/mol. The summed E-state index contributed by atoms with van der Waals surface area (Å²) in [6.45, 7) is 17.1. The summed E-state index contributed by atoms with van der Waals surface area (Å²) in [5, 5.41) is 7.32. The van der Waals surface area contributed by atoms with Crippen molar-refractivity contribution in [3.8, 4) is 0 Å². The molecule has 0 aromatic carbocycles. The van der Waals surface area contributed by atoms with Crippen molar-refractivity contribution in [1.82, 2.24) is 14.8 Å². The molecule has 0 aliphatic heterocycles. The summed E-state index contributed by atoms with van der Waals surface area (Å²) in [5.41, 5.74) is 1.75. The average molecular weight is 310 g/mol. The molecule has 0 spiro atoms. The highest BCUT2D eigenvalue weighted by atomic mass is 32.1. The van der Waals surface area contributed by atoms with Crippen molar-refractivity contribution < 1.29 is 0 Å². The minimum absolute atomic E-state index is 0.230. The van der Waals surface area contributed by atoms with Gasteiger partial charge in [0.2, 0.25) is 0 Å². The summed E-state index contributed by atoms with van der Waals surface area (Å²) in [6, 6.07) is 0. The molecule has 2 aromatic heterocycles. The lowest BCUT2D eigenvalue weighted by molar-refractivity contribution is 0.585. The first-order chi connectivity index (χ1) is 9.60. The van der Waals surface area contributed by atoms with E-state index in [1.807, 2.05) is 43.4 Å². The summed E-state index contributed by atoms with van der Waals surface area (Å²) in [4.78, 5) is 4.21. The number of nitrogens with zero attached hydrogens (tertiary/aromatic N) is 3. The van der Waals surface area contributed by atoms with Gasteiger partial charge in [0.05, 0.1) is 11.2 Å². The second-order valence-corrected chi connectivity index (χ2v) is 7.63. The fraction of sp³-hybridized carbons (Fsp3) is 0.647. The lowest BCUT2D eigenvalue weighted by Gasteiger charge is -2.14. The number of hydrogen-bond donors (Lipinski definition) is 0. The summed E-state index contributed by atoms with van der Waals surface area (Å²) in [7, 11) is 1.94. The molecule has 120 valence electrons. The van der Waals surface area contributed by atoms with Gasteiger partial charge in [-0.15, -0.1) is 11.3 Å². The molecule has 0 radical (unpaired) electrons. The first kappa shape index (κ1) is 19.8.